The van der Waals surface area contributed by atoms with Gasteiger partial charge in [0, 0.05) is 22.8 Å². The zero-order valence-electron chi connectivity index (χ0n) is 15.0. The van der Waals surface area contributed by atoms with Crippen molar-refractivity contribution in [2.45, 2.75) is 13.0 Å². The number of anilines is 1. The van der Waals surface area contributed by atoms with Gasteiger partial charge < -0.3 is 5.32 Å². The quantitative estimate of drug-likeness (QED) is 0.314. The van der Waals surface area contributed by atoms with Crippen LogP contribution in [0.4, 0.5) is 11.4 Å². The number of nitrogens with one attached hydrogen (secondary N) is 1. The molecule has 10 heteroatoms. The van der Waals surface area contributed by atoms with Crippen molar-refractivity contribution < 1.29 is 14.5 Å². The van der Waals surface area contributed by atoms with Gasteiger partial charge in [0.1, 0.15) is 10.4 Å². The Balaban J connectivity index is 1.74. The van der Waals surface area contributed by atoms with Crippen molar-refractivity contribution in [1.82, 2.24) is 4.90 Å². The van der Waals surface area contributed by atoms with Crippen molar-refractivity contribution in [3.63, 3.8) is 0 Å². The standard InChI is InChI=1S/C19H14ClN3O4S2/c1-11(17(24)21-14-6-4-13(20)5-7-14)22-18(25)16(29-19(22)28)10-12-2-8-15(9-3-12)23(26)27/h2-11H,1H3,(H,21,24)/b16-10-. The zero-order chi connectivity index (χ0) is 21.1. The number of hydrogen-bond acceptors (Lipinski definition) is 6. The summed E-state index contributed by atoms with van der Waals surface area (Å²) in [4.78, 5) is 37.2. The summed E-state index contributed by atoms with van der Waals surface area (Å²) in [5.74, 6) is -0.780. The lowest BCUT2D eigenvalue weighted by Gasteiger charge is -2.22. The van der Waals surface area contributed by atoms with Crippen molar-refractivity contribution in [1.29, 1.82) is 0 Å². The van der Waals surface area contributed by atoms with Crippen molar-refractivity contribution in [2.24, 2.45) is 0 Å². The molecule has 2 amide bonds. The molecule has 0 radical (unpaired) electrons. The smallest absolute Gasteiger partial charge is 0.269 e. The summed E-state index contributed by atoms with van der Waals surface area (Å²) < 4.78 is 0.266. The topological polar surface area (TPSA) is 92.6 Å². The van der Waals surface area contributed by atoms with Crippen molar-refractivity contribution >= 4 is 69.2 Å². The summed E-state index contributed by atoms with van der Waals surface area (Å²) in [6.07, 6.45) is 1.59. The van der Waals surface area contributed by atoms with Crippen LogP contribution >= 0.6 is 35.6 Å². The third-order valence-corrected chi connectivity index (χ3v) is 5.69. The SMILES string of the molecule is CC(C(=O)Nc1ccc(Cl)cc1)N1C(=O)/C(=C/c2ccc([N+](=O)[O-])cc2)SC1=S. The number of rotatable bonds is 5. The number of nitro groups is 1. The minimum atomic E-state index is -0.819. The molecule has 7 nitrogen and oxygen atoms in total. The van der Waals surface area contributed by atoms with Crippen LogP contribution in [0.1, 0.15) is 12.5 Å². The van der Waals surface area contributed by atoms with E-state index in [0.29, 0.717) is 21.2 Å². The average molecular weight is 448 g/mol. The molecule has 148 valence electrons. The second kappa shape index (κ2) is 8.73. The highest BCUT2D eigenvalue weighted by Gasteiger charge is 2.38. The molecular weight excluding hydrogens is 434 g/mol. The second-order valence-electron chi connectivity index (χ2n) is 6.07. The van der Waals surface area contributed by atoms with Gasteiger partial charge in [-0.1, -0.05) is 35.6 Å². The molecule has 1 aliphatic rings. The average Bonchev–Trinajstić information content (AvgIpc) is 2.96. The molecule has 1 unspecified atom stereocenters. The third-order valence-electron chi connectivity index (χ3n) is 4.10. The highest BCUT2D eigenvalue weighted by molar-refractivity contribution is 8.26. The normalized spacial score (nSPS) is 16.2. The van der Waals surface area contributed by atoms with Gasteiger partial charge in [-0.25, -0.2) is 0 Å². The maximum absolute atomic E-state index is 12.8. The van der Waals surface area contributed by atoms with Gasteiger partial charge in [0.05, 0.1) is 9.83 Å². The molecule has 0 saturated carbocycles. The first-order chi connectivity index (χ1) is 13.8. The van der Waals surface area contributed by atoms with Gasteiger partial charge in [0.25, 0.3) is 11.6 Å². The molecule has 3 rings (SSSR count). The first kappa shape index (κ1) is 21.0. The number of non-ortho nitro benzene ring substituents is 1. The van der Waals surface area contributed by atoms with Crippen LogP contribution in [0.5, 0.6) is 0 Å². The lowest BCUT2D eigenvalue weighted by atomic mass is 10.2. The van der Waals surface area contributed by atoms with Gasteiger partial charge in [-0.3, -0.25) is 24.6 Å². The second-order valence-corrected chi connectivity index (χ2v) is 8.18. The molecule has 0 aromatic heterocycles. The minimum Gasteiger partial charge on any atom is -0.324 e. The van der Waals surface area contributed by atoms with Crippen LogP contribution in [-0.4, -0.2) is 32.0 Å². The molecule has 1 fully saturated rings. The molecule has 1 saturated heterocycles. The number of thioether (sulfide) groups is 1. The Kier molecular flexibility index (Phi) is 6.31. The van der Waals surface area contributed by atoms with Crippen LogP contribution in [0.2, 0.25) is 5.02 Å². The lowest BCUT2D eigenvalue weighted by molar-refractivity contribution is -0.384. The fourth-order valence-electron chi connectivity index (χ4n) is 2.55. The Morgan fingerprint density at radius 1 is 1.24 bits per heavy atom. The van der Waals surface area contributed by atoms with Gasteiger partial charge >= 0.3 is 0 Å². The number of nitro benzene ring substituents is 1. The van der Waals surface area contributed by atoms with Crippen LogP contribution < -0.4 is 5.32 Å². The number of carbonyl (C=O) groups is 2. The van der Waals surface area contributed by atoms with Gasteiger partial charge in [-0.2, -0.15) is 0 Å². The minimum absolute atomic E-state index is 0.0396. The third kappa shape index (κ3) is 4.81. The predicted molar refractivity (Wildman–Crippen MR) is 118 cm³/mol. The molecular formula is C19H14ClN3O4S2. The van der Waals surface area contributed by atoms with Crippen molar-refractivity contribution in [3.05, 3.63) is 74.1 Å². The summed E-state index contributed by atoms with van der Waals surface area (Å²) >= 11 is 12.2. The van der Waals surface area contributed by atoms with Crippen LogP contribution in [0.25, 0.3) is 6.08 Å². The molecule has 2 aromatic rings. The summed E-state index contributed by atoms with van der Waals surface area (Å²) in [5, 5.41) is 14.0. The van der Waals surface area contributed by atoms with E-state index in [1.807, 2.05) is 0 Å². The Bertz CT molecular complexity index is 1020. The van der Waals surface area contributed by atoms with E-state index in [-0.39, 0.29) is 15.9 Å². The highest BCUT2D eigenvalue weighted by Crippen LogP contribution is 2.34. The van der Waals surface area contributed by atoms with E-state index in [1.54, 1.807) is 49.4 Å². The van der Waals surface area contributed by atoms with Crippen molar-refractivity contribution in [2.75, 3.05) is 5.32 Å². The monoisotopic (exact) mass is 447 g/mol. The van der Waals surface area contributed by atoms with Gasteiger partial charge in [0.2, 0.25) is 5.91 Å². The summed E-state index contributed by atoms with van der Waals surface area (Å²) in [6.45, 7) is 1.59. The number of carbonyl (C=O) groups excluding carboxylic acids is 2. The molecule has 1 atom stereocenters. The Hall–Kier alpha value is -2.75. The molecule has 0 bridgehead atoms. The number of nitrogens with zero attached hydrogens (tertiary/aromatic N) is 2. The fourth-order valence-corrected chi connectivity index (χ4v) is 4.10. The summed E-state index contributed by atoms with van der Waals surface area (Å²) in [6, 6.07) is 11.6. The van der Waals surface area contributed by atoms with E-state index in [9.17, 15) is 19.7 Å². The number of halogens is 1. The first-order valence-corrected chi connectivity index (χ1v) is 9.94. The number of hydrogen-bond donors (Lipinski definition) is 1. The Labute approximate surface area is 180 Å². The van der Waals surface area contributed by atoms with E-state index < -0.39 is 16.9 Å². The van der Waals surface area contributed by atoms with Gasteiger partial charge in [0.15, 0.2) is 0 Å². The maximum Gasteiger partial charge on any atom is 0.269 e. The van der Waals surface area contributed by atoms with E-state index in [1.165, 1.54) is 17.0 Å². The molecule has 29 heavy (non-hydrogen) atoms. The Morgan fingerprint density at radius 2 is 1.86 bits per heavy atom. The van der Waals surface area contributed by atoms with E-state index in [0.717, 1.165) is 11.8 Å². The molecule has 2 aromatic carbocycles. The lowest BCUT2D eigenvalue weighted by Crippen LogP contribution is -2.44. The van der Waals surface area contributed by atoms with E-state index >= 15 is 0 Å². The molecule has 1 N–H and O–H groups in total. The number of thiocarbonyl (C=S) groups is 1. The largest absolute Gasteiger partial charge is 0.324 e. The predicted octanol–water partition coefficient (Wildman–Crippen LogP) is 4.48. The fraction of sp³-hybridized carbons (Fsp3) is 0.105. The number of amides is 2. The van der Waals surface area contributed by atoms with Crippen LogP contribution in [0, 0.1) is 10.1 Å². The zero-order valence-corrected chi connectivity index (χ0v) is 17.4. The van der Waals surface area contributed by atoms with Gasteiger partial charge in [-0.15, -0.1) is 0 Å². The summed E-state index contributed by atoms with van der Waals surface area (Å²) in [5.41, 5.74) is 1.13. The summed E-state index contributed by atoms with van der Waals surface area (Å²) in [7, 11) is 0. The van der Waals surface area contributed by atoms with Crippen LogP contribution in [0.15, 0.2) is 53.4 Å². The van der Waals surface area contributed by atoms with Crippen LogP contribution in [-0.2, 0) is 9.59 Å². The maximum atomic E-state index is 12.8. The molecule has 0 aliphatic carbocycles. The molecule has 1 heterocycles. The molecule has 1 aliphatic heterocycles. The Morgan fingerprint density at radius 3 is 2.45 bits per heavy atom. The highest BCUT2D eigenvalue weighted by atomic mass is 35.5. The first-order valence-electron chi connectivity index (χ1n) is 8.34. The van der Waals surface area contributed by atoms with Crippen molar-refractivity contribution in [3.8, 4) is 0 Å². The van der Waals surface area contributed by atoms with E-state index in [4.69, 9.17) is 23.8 Å². The molecule has 0 spiro atoms. The van der Waals surface area contributed by atoms with Gasteiger partial charge in [-0.05, 0) is 55.0 Å². The number of benzene rings is 2. The van der Waals surface area contributed by atoms with E-state index in [2.05, 4.69) is 5.32 Å². The van der Waals surface area contributed by atoms with Crippen LogP contribution in [0.3, 0.4) is 0 Å².